The first-order valence-corrected chi connectivity index (χ1v) is 13.7. The fraction of sp³-hybridized carbons (Fsp3) is 0.500. The third-order valence-electron chi connectivity index (χ3n) is 8.81. The number of hydrogen-bond donors (Lipinski definition) is 0. The number of ether oxygens (including phenoxy) is 2. The number of hydrogen-bond acceptors (Lipinski definition) is 6. The summed E-state index contributed by atoms with van der Waals surface area (Å²) in [7, 11) is 0. The first-order chi connectivity index (χ1) is 18.3. The summed E-state index contributed by atoms with van der Waals surface area (Å²) < 4.78 is 20.3. The Kier molecular flexibility index (Phi) is 5.26. The van der Waals surface area contributed by atoms with E-state index >= 15 is 0 Å². The number of rotatable bonds is 3. The van der Waals surface area contributed by atoms with Crippen LogP contribution in [0, 0.1) is 5.92 Å². The zero-order valence-corrected chi connectivity index (χ0v) is 21.9. The van der Waals surface area contributed by atoms with Gasteiger partial charge in [-0.25, -0.2) is 4.79 Å². The molecule has 8 nitrogen and oxygen atoms in total. The Balaban J connectivity index is 1.20. The van der Waals surface area contributed by atoms with Crippen molar-refractivity contribution in [2.45, 2.75) is 70.4 Å². The van der Waals surface area contributed by atoms with E-state index in [1.807, 2.05) is 35.4 Å². The SMILES string of the molecule is CC1(C)CCc2c(cc(OCC(=O)N3C[C@@H]4C[C@@H](C3)c3cccc(=O)n3C4)c3c4c(c(=O)oc23)CCC4)O1. The van der Waals surface area contributed by atoms with Crippen molar-refractivity contribution in [3.8, 4) is 11.5 Å². The first-order valence-electron chi connectivity index (χ1n) is 13.7. The highest BCUT2D eigenvalue weighted by molar-refractivity contribution is 5.93. The van der Waals surface area contributed by atoms with E-state index in [-0.39, 0.29) is 41.1 Å². The van der Waals surface area contributed by atoms with Crippen molar-refractivity contribution in [1.29, 1.82) is 0 Å². The second kappa shape index (κ2) is 8.48. The van der Waals surface area contributed by atoms with Gasteiger partial charge in [0.05, 0.1) is 5.39 Å². The summed E-state index contributed by atoms with van der Waals surface area (Å²) >= 11 is 0. The molecule has 1 aromatic carbocycles. The third-order valence-corrected chi connectivity index (χ3v) is 8.81. The van der Waals surface area contributed by atoms with E-state index in [0.717, 1.165) is 59.9 Å². The maximum atomic E-state index is 13.4. The molecule has 5 heterocycles. The molecule has 0 unspecified atom stereocenters. The minimum absolute atomic E-state index is 0.0316. The molecule has 1 amide bonds. The average Bonchev–Trinajstić information content (AvgIpc) is 3.38. The lowest BCUT2D eigenvalue weighted by atomic mass is 9.83. The second-order valence-corrected chi connectivity index (χ2v) is 11.9. The quantitative estimate of drug-likeness (QED) is 0.495. The van der Waals surface area contributed by atoms with Crippen LogP contribution >= 0.6 is 0 Å². The van der Waals surface area contributed by atoms with Gasteiger partial charge in [0.15, 0.2) is 6.61 Å². The Hall–Kier alpha value is -3.55. The Morgan fingerprint density at radius 1 is 1.08 bits per heavy atom. The molecule has 38 heavy (non-hydrogen) atoms. The fourth-order valence-electron chi connectivity index (χ4n) is 7.00. The molecule has 2 bridgehead atoms. The Bertz CT molecular complexity index is 1600. The van der Waals surface area contributed by atoms with E-state index in [4.69, 9.17) is 13.9 Å². The Labute approximate surface area is 220 Å². The maximum Gasteiger partial charge on any atom is 0.339 e. The van der Waals surface area contributed by atoms with Crippen LogP contribution in [0.5, 0.6) is 11.5 Å². The van der Waals surface area contributed by atoms with E-state index in [9.17, 15) is 14.4 Å². The van der Waals surface area contributed by atoms with Gasteiger partial charge in [0.1, 0.15) is 22.7 Å². The highest BCUT2D eigenvalue weighted by Crippen LogP contribution is 2.44. The van der Waals surface area contributed by atoms with E-state index < -0.39 is 0 Å². The van der Waals surface area contributed by atoms with Crippen LogP contribution in [-0.2, 0) is 30.6 Å². The third kappa shape index (κ3) is 3.76. The molecule has 198 valence electrons. The van der Waals surface area contributed by atoms with E-state index in [1.54, 1.807) is 12.1 Å². The van der Waals surface area contributed by atoms with Gasteiger partial charge in [-0.1, -0.05) is 6.07 Å². The minimum atomic E-state index is -0.339. The predicted octanol–water partition coefficient (Wildman–Crippen LogP) is 3.57. The molecule has 2 atom stereocenters. The van der Waals surface area contributed by atoms with Crippen LogP contribution in [0.3, 0.4) is 0 Å². The molecule has 4 aliphatic rings. The highest BCUT2D eigenvalue weighted by atomic mass is 16.5. The number of carbonyl (C=O) groups excluding carboxylic acids is 1. The summed E-state index contributed by atoms with van der Waals surface area (Å²) in [5.41, 5.74) is 3.59. The molecule has 0 radical (unpaired) electrons. The average molecular weight is 517 g/mol. The van der Waals surface area contributed by atoms with E-state index in [1.165, 1.54) is 0 Å². The van der Waals surface area contributed by atoms with Crippen molar-refractivity contribution >= 4 is 16.9 Å². The van der Waals surface area contributed by atoms with Crippen LogP contribution in [0.15, 0.2) is 38.3 Å². The van der Waals surface area contributed by atoms with Crippen molar-refractivity contribution in [3.63, 3.8) is 0 Å². The van der Waals surface area contributed by atoms with E-state index in [2.05, 4.69) is 0 Å². The lowest BCUT2D eigenvalue weighted by Gasteiger charge is -2.42. The molecular formula is C30H32N2O6. The topological polar surface area (TPSA) is 91.0 Å². The van der Waals surface area contributed by atoms with Gasteiger partial charge in [-0.15, -0.1) is 0 Å². The van der Waals surface area contributed by atoms with Crippen molar-refractivity contribution in [1.82, 2.24) is 9.47 Å². The molecule has 7 rings (SSSR count). The zero-order chi connectivity index (χ0) is 26.2. The van der Waals surface area contributed by atoms with Gasteiger partial charge in [-0.2, -0.15) is 0 Å². The number of fused-ring (bicyclic) bond motifs is 9. The second-order valence-electron chi connectivity index (χ2n) is 11.9. The standard InChI is InChI=1S/C30H32N2O6/c1-30(2)10-9-21-23(38-30)12-24(27-19-5-3-6-20(19)29(35)37-28(21)27)36-16-26(34)31-13-17-11-18(15-31)22-7-4-8-25(33)32(22)14-17/h4,7-8,12,17-18H,3,5-6,9-11,13-16H2,1-2H3/t17-,18-/m0/s1. The lowest BCUT2D eigenvalue weighted by molar-refractivity contribution is -0.136. The van der Waals surface area contributed by atoms with E-state index in [0.29, 0.717) is 43.1 Å². The van der Waals surface area contributed by atoms with Crippen LogP contribution in [0.4, 0.5) is 0 Å². The van der Waals surface area contributed by atoms with Crippen LogP contribution in [0.25, 0.3) is 11.0 Å². The highest BCUT2D eigenvalue weighted by Gasteiger charge is 2.37. The Morgan fingerprint density at radius 2 is 1.92 bits per heavy atom. The van der Waals surface area contributed by atoms with Crippen molar-refractivity contribution in [2.24, 2.45) is 5.92 Å². The lowest BCUT2D eigenvalue weighted by Crippen LogP contribution is -2.50. The number of aryl methyl sites for hydroxylation is 2. The number of nitrogens with zero attached hydrogens (tertiary/aromatic N) is 2. The largest absolute Gasteiger partial charge is 0.487 e. The van der Waals surface area contributed by atoms with Crippen LogP contribution < -0.4 is 20.7 Å². The summed E-state index contributed by atoms with van der Waals surface area (Å²) in [6.07, 6.45) is 4.96. The summed E-state index contributed by atoms with van der Waals surface area (Å²) in [5.74, 6) is 1.53. The molecule has 0 saturated carbocycles. The minimum Gasteiger partial charge on any atom is -0.487 e. The summed E-state index contributed by atoms with van der Waals surface area (Å²) in [6, 6.07) is 7.30. The molecule has 0 N–H and O–H groups in total. The molecule has 1 aliphatic carbocycles. The number of likely N-dealkylation sites (tertiary alicyclic amines) is 1. The molecular weight excluding hydrogens is 484 g/mol. The number of carbonyl (C=O) groups is 1. The maximum absolute atomic E-state index is 13.4. The number of benzene rings is 1. The molecule has 1 fully saturated rings. The summed E-state index contributed by atoms with van der Waals surface area (Å²) in [4.78, 5) is 40.4. The molecule has 0 spiro atoms. The van der Waals surface area contributed by atoms with Gasteiger partial charge < -0.3 is 23.4 Å². The fourth-order valence-corrected chi connectivity index (χ4v) is 7.00. The van der Waals surface area contributed by atoms with Gasteiger partial charge in [-0.05, 0) is 69.9 Å². The number of pyridine rings is 1. The van der Waals surface area contributed by atoms with Gasteiger partial charge in [0, 0.05) is 54.5 Å². The molecule has 3 aliphatic heterocycles. The van der Waals surface area contributed by atoms with Gasteiger partial charge >= 0.3 is 5.63 Å². The van der Waals surface area contributed by atoms with Gasteiger partial charge in [0.25, 0.3) is 11.5 Å². The van der Waals surface area contributed by atoms with Crippen LogP contribution in [0.2, 0.25) is 0 Å². The van der Waals surface area contributed by atoms with Crippen LogP contribution in [0.1, 0.15) is 61.4 Å². The van der Waals surface area contributed by atoms with Crippen molar-refractivity contribution in [2.75, 3.05) is 19.7 Å². The monoisotopic (exact) mass is 516 g/mol. The number of amides is 1. The normalized spacial score (nSPS) is 22.8. The number of aromatic nitrogens is 1. The van der Waals surface area contributed by atoms with Gasteiger partial charge in [0.2, 0.25) is 0 Å². The Morgan fingerprint density at radius 3 is 2.79 bits per heavy atom. The molecule has 2 aromatic heterocycles. The predicted molar refractivity (Wildman–Crippen MR) is 141 cm³/mol. The summed E-state index contributed by atoms with van der Waals surface area (Å²) in [5, 5.41) is 0.816. The van der Waals surface area contributed by atoms with Crippen molar-refractivity contribution < 1.29 is 18.7 Å². The molecule has 1 saturated heterocycles. The smallest absolute Gasteiger partial charge is 0.339 e. The van der Waals surface area contributed by atoms with Crippen LogP contribution in [-0.4, -0.2) is 40.7 Å². The van der Waals surface area contributed by atoms with Gasteiger partial charge in [-0.3, -0.25) is 9.59 Å². The summed E-state index contributed by atoms with van der Waals surface area (Å²) in [6.45, 7) is 5.82. The zero-order valence-electron chi connectivity index (χ0n) is 21.9. The molecule has 8 heteroatoms. The van der Waals surface area contributed by atoms with Crippen molar-refractivity contribution in [3.05, 3.63) is 67.4 Å². The first kappa shape index (κ1) is 23.6. The number of piperidine rings is 1. The molecule has 3 aromatic rings.